The molecule has 0 spiro atoms. The molecule has 0 radical (unpaired) electrons. The van der Waals surface area contributed by atoms with Crippen molar-refractivity contribution in [2.24, 2.45) is 10.9 Å². The van der Waals surface area contributed by atoms with Crippen LogP contribution in [0.2, 0.25) is 0 Å². The third kappa shape index (κ3) is 6.73. The first-order chi connectivity index (χ1) is 17.6. The van der Waals surface area contributed by atoms with E-state index in [1.807, 2.05) is 0 Å². The molecule has 0 fully saturated rings. The number of ether oxygens (including phenoxy) is 2. The van der Waals surface area contributed by atoms with Gasteiger partial charge in [0, 0.05) is 30.7 Å². The van der Waals surface area contributed by atoms with Crippen LogP contribution < -0.4 is 9.47 Å². The van der Waals surface area contributed by atoms with Crippen LogP contribution in [0.1, 0.15) is 31.2 Å². The molecule has 2 amide bonds. The monoisotopic (exact) mass is 520 g/mol. The Hall–Kier alpha value is -3.73. The lowest BCUT2D eigenvalue weighted by molar-refractivity contribution is -0.274. The number of carbonyl (C=O) groups is 2. The highest BCUT2D eigenvalue weighted by atomic mass is 19.4. The second kappa shape index (κ2) is 11.1. The predicted octanol–water partition coefficient (Wildman–Crippen LogP) is 4.55. The van der Waals surface area contributed by atoms with Crippen LogP contribution in [0.25, 0.3) is 0 Å². The van der Waals surface area contributed by atoms with E-state index in [0.717, 1.165) is 22.6 Å². The first kappa shape index (κ1) is 26.3. The van der Waals surface area contributed by atoms with Gasteiger partial charge in [0.1, 0.15) is 17.3 Å². The maximum absolute atomic E-state index is 13.4. The molecular weight excluding hydrogens is 496 g/mol. The van der Waals surface area contributed by atoms with Gasteiger partial charge in [0.15, 0.2) is 5.90 Å². The molecule has 1 atom stereocenters. The van der Waals surface area contributed by atoms with E-state index in [2.05, 4.69) is 9.73 Å². The van der Waals surface area contributed by atoms with Crippen molar-refractivity contribution in [1.82, 2.24) is 4.90 Å². The third-order valence-electron chi connectivity index (χ3n) is 6.01. The normalized spacial score (nSPS) is 18.4. The first-order valence-corrected chi connectivity index (χ1v) is 11.7. The van der Waals surface area contributed by atoms with Crippen molar-refractivity contribution in [1.29, 1.82) is 0 Å². The molecular formula is C26H24F4N2O5. The second-order valence-corrected chi connectivity index (χ2v) is 8.67. The number of aliphatic hydroxyl groups excluding tert-OH is 1. The lowest BCUT2D eigenvalue weighted by atomic mass is 9.92. The highest BCUT2D eigenvalue weighted by molar-refractivity contribution is 6.09. The molecule has 0 aliphatic carbocycles. The van der Waals surface area contributed by atoms with Crippen LogP contribution >= 0.6 is 0 Å². The van der Waals surface area contributed by atoms with E-state index in [1.165, 1.54) is 24.3 Å². The Labute approximate surface area is 210 Å². The molecule has 37 heavy (non-hydrogen) atoms. The van der Waals surface area contributed by atoms with Gasteiger partial charge in [-0.05, 0) is 55.5 Å². The van der Waals surface area contributed by atoms with Gasteiger partial charge in [0.05, 0.1) is 12.1 Å². The van der Waals surface area contributed by atoms with E-state index in [-0.39, 0.29) is 49.8 Å². The van der Waals surface area contributed by atoms with Crippen molar-refractivity contribution >= 4 is 17.7 Å². The average Bonchev–Trinajstić information content (AvgIpc) is 2.99. The molecule has 2 aliphatic heterocycles. The van der Waals surface area contributed by atoms with Gasteiger partial charge >= 0.3 is 6.36 Å². The van der Waals surface area contributed by atoms with Gasteiger partial charge in [0.25, 0.3) is 5.91 Å². The van der Waals surface area contributed by atoms with Crippen LogP contribution in [0.5, 0.6) is 11.5 Å². The van der Waals surface area contributed by atoms with Gasteiger partial charge in [-0.3, -0.25) is 14.5 Å². The van der Waals surface area contributed by atoms with E-state index in [9.17, 15) is 27.2 Å². The smallest absolute Gasteiger partial charge is 0.443 e. The summed E-state index contributed by atoms with van der Waals surface area (Å²) in [4.78, 5) is 31.3. The molecule has 0 aromatic heterocycles. The van der Waals surface area contributed by atoms with Crippen LogP contribution in [-0.4, -0.2) is 47.2 Å². The molecule has 2 aromatic carbocycles. The summed E-state index contributed by atoms with van der Waals surface area (Å²) in [6.45, 7) is -0.0843. The largest absolute Gasteiger partial charge is 0.573 e. The summed E-state index contributed by atoms with van der Waals surface area (Å²) in [7, 11) is 0. The van der Waals surface area contributed by atoms with Crippen LogP contribution in [0, 0.1) is 11.7 Å². The van der Waals surface area contributed by atoms with Crippen LogP contribution in [0.4, 0.5) is 17.6 Å². The molecule has 4 rings (SSSR count). The third-order valence-corrected chi connectivity index (χ3v) is 6.01. The van der Waals surface area contributed by atoms with Gasteiger partial charge in [-0.25, -0.2) is 9.38 Å². The summed E-state index contributed by atoms with van der Waals surface area (Å²) < 4.78 is 61.4. The van der Waals surface area contributed by atoms with Gasteiger partial charge in [0.2, 0.25) is 5.91 Å². The Balaban J connectivity index is 1.66. The van der Waals surface area contributed by atoms with Crippen molar-refractivity contribution in [3.8, 4) is 11.5 Å². The molecule has 7 nitrogen and oxygen atoms in total. The molecule has 0 saturated carbocycles. The molecule has 2 heterocycles. The molecule has 2 aliphatic rings. The Morgan fingerprint density at radius 3 is 2.51 bits per heavy atom. The lowest BCUT2D eigenvalue weighted by Gasteiger charge is -2.26. The number of carbonyl (C=O) groups excluding carboxylic acids is 2. The molecule has 1 unspecified atom stereocenters. The number of benzene rings is 2. The number of aliphatic hydroxyl groups is 1. The molecule has 0 bridgehead atoms. The highest BCUT2D eigenvalue weighted by Gasteiger charge is 2.36. The Bertz CT molecular complexity index is 1220. The number of alkyl halides is 3. The van der Waals surface area contributed by atoms with Crippen molar-refractivity contribution in [2.45, 2.75) is 38.5 Å². The van der Waals surface area contributed by atoms with Crippen molar-refractivity contribution < 1.29 is 41.7 Å². The van der Waals surface area contributed by atoms with Crippen molar-refractivity contribution in [3.63, 3.8) is 0 Å². The van der Waals surface area contributed by atoms with E-state index < -0.39 is 35.7 Å². The predicted molar refractivity (Wildman–Crippen MR) is 124 cm³/mol. The summed E-state index contributed by atoms with van der Waals surface area (Å²) in [5, 5.41) is 9.10. The number of amides is 2. The molecule has 2 aromatic rings. The van der Waals surface area contributed by atoms with Crippen LogP contribution in [0.3, 0.4) is 0 Å². The minimum absolute atomic E-state index is 0.0340. The quantitative estimate of drug-likeness (QED) is 0.428. The Morgan fingerprint density at radius 1 is 1.08 bits per heavy atom. The maximum Gasteiger partial charge on any atom is 0.573 e. The van der Waals surface area contributed by atoms with E-state index in [4.69, 9.17) is 9.84 Å². The number of hydrogen-bond acceptors (Lipinski definition) is 6. The van der Waals surface area contributed by atoms with E-state index >= 15 is 0 Å². The molecule has 196 valence electrons. The van der Waals surface area contributed by atoms with Gasteiger partial charge in [-0.1, -0.05) is 18.2 Å². The average molecular weight is 520 g/mol. The van der Waals surface area contributed by atoms with Gasteiger partial charge < -0.3 is 14.6 Å². The van der Waals surface area contributed by atoms with Crippen LogP contribution in [0.15, 0.2) is 64.8 Å². The number of hydrogen-bond donors (Lipinski definition) is 1. The van der Waals surface area contributed by atoms with E-state index in [1.54, 1.807) is 12.1 Å². The number of halogens is 4. The number of nitrogens with zero attached hydrogens (tertiary/aromatic N) is 2. The number of aliphatic imine (C=N–C) groups is 1. The van der Waals surface area contributed by atoms with E-state index in [0.29, 0.717) is 18.4 Å². The summed E-state index contributed by atoms with van der Waals surface area (Å²) in [5.41, 5.74) is 1.37. The zero-order valence-electron chi connectivity index (χ0n) is 19.6. The van der Waals surface area contributed by atoms with Gasteiger partial charge in [-0.15, -0.1) is 13.2 Å². The maximum atomic E-state index is 13.4. The number of rotatable bonds is 7. The minimum atomic E-state index is -4.88. The van der Waals surface area contributed by atoms with Gasteiger partial charge in [-0.2, -0.15) is 0 Å². The fraction of sp³-hybridized carbons (Fsp3) is 0.346. The SMILES string of the molecule is O=C1CC2=C(CCC(Cc3ccc(F)cc3)C(Oc3cccc(OC(F)(F)F)c3)=N2)C(=O)N1CCCO. The fourth-order valence-electron chi connectivity index (χ4n) is 4.28. The highest BCUT2D eigenvalue weighted by Crippen LogP contribution is 2.33. The summed E-state index contributed by atoms with van der Waals surface area (Å²) >= 11 is 0. The lowest BCUT2D eigenvalue weighted by Crippen LogP contribution is -2.42. The molecule has 0 saturated heterocycles. The summed E-state index contributed by atoms with van der Waals surface area (Å²) in [6, 6.07) is 10.8. The Morgan fingerprint density at radius 2 is 1.81 bits per heavy atom. The zero-order valence-corrected chi connectivity index (χ0v) is 19.6. The minimum Gasteiger partial charge on any atom is -0.443 e. The zero-order chi connectivity index (χ0) is 26.6. The summed E-state index contributed by atoms with van der Waals surface area (Å²) in [5.74, 6) is -2.08. The van der Waals surface area contributed by atoms with Crippen LogP contribution in [-0.2, 0) is 16.0 Å². The second-order valence-electron chi connectivity index (χ2n) is 8.67. The molecule has 11 heteroatoms. The fourth-order valence-corrected chi connectivity index (χ4v) is 4.28. The topological polar surface area (TPSA) is 88.4 Å². The molecule has 1 N–H and O–H groups in total. The van der Waals surface area contributed by atoms with Crippen molar-refractivity contribution in [2.75, 3.05) is 13.2 Å². The first-order valence-electron chi connectivity index (χ1n) is 11.7. The summed E-state index contributed by atoms with van der Waals surface area (Å²) in [6.07, 6.45) is -3.75. The Kier molecular flexibility index (Phi) is 7.91. The van der Waals surface area contributed by atoms with Crippen molar-refractivity contribution in [3.05, 3.63) is 71.2 Å². The number of imide groups is 1. The standard InChI is InChI=1S/C26H24F4N2O5/c27-18-8-5-16(6-9-18)13-17-7-10-21-22(15-23(34)32(25(21)35)11-2-12-33)31-24(17)36-19-3-1-4-20(14-19)37-26(28,29)30/h1,3-6,8-9,14,17,33H,2,7,10-13,15H2.